The molecule has 108 valence electrons. The van der Waals surface area contributed by atoms with Crippen LogP contribution in [0.2, 0.25) is 0 Å². The van der Waals surface area contributed by atoms with Crippen molar-refractivity contribution in [3.05, 3.63) is 35.6 Å². The molecule has 1 aliphatic heterocycles. The van der Waals surface area contributed by atoms with E-state index in [4.69, 9.17) is 5.11 Å². The average molecular weight is 298 g/mol. The van der Waals surface area contributed by atoms with Crippen LogP contribution >= 0.6 is 11.8 Å². The standard InChI is InChI=1S/C13H15FN2O3S/c1-15(6-9-2-4-10(14)5-3-9)13(19)16-8-20-7-11(16)12(17)18/h2-5,11H,6-8H2,1H3,(H,17,18)/t11-/m0/s1. The Morgan fingerprint density at radius 2 is 2.10 bits per heavy atom. The minimum absolute atomic E-state index is 0.312. The quantitative estimate of drug-likeness (QED) is 0.925. The zero-order valence-electron chi connectivity index (χ0n) is 11.0. The van der Waals surface area contributed by atoms with Gasteiger partial charge in [0.2, 0.25) is 0 Å². The van der Waals surface area contributed by atoms with Crippen molar-refractivity contribution in [3.63, 3.8) is 0 Å². The van der Waals surface area contributed by atoms with Crippen LogP contribution in [-0.4, -0.2) is 51.6 Å². The number of rotatable bonds is 3. The highest BCUT2D eigenvalue weighted by molar-refractivity contribution is 7.99. The molecule has 20 heavy (non-hydrogen) atoms. The summed E-state index contributed by atoms with van der Waals surface area (Å²) >= 11 is 1.42. The first kappa shape index (κ1) is 14.6. The van der Waals surface area contributed by atoms with E-state index in [1.54, 1.807) is 19.2 Å². The molecule has 5 nitrogen and oxygen atoms in total. The minimum Gasteiger partial charge on any atom is -0.480 e. The Morgan fingerprint density at radius 1 is 1.45 bits per heavy atom. The monoisotopic (exact) mass is 298 g/mol. The number of carboxylic acids is 1. The molecule has 1 heterocycles. The molecule has 0 aliphatic carbocycles. The fraction of sp³-hybridized carbons (Fsp3) is 0.385. The molecule has 0 radical (unpaired) electrons. The van der Waals surface area contributed by atoms with Crippen LogP contribution in [0.25, 0.3) is 0 Å². The van der Waals surface area contributed by atoms with Crippen LogP contribution < -0.4 is 0 Å². The predicted octanol–water partition coefficient (Wildman–Crippen LogP) is 1.84. The maximum absolute atomic E-state index is 12.8. The smallest absolute Gasteiger partial charge is 0.327 e. The van der Waals surface area contributed by atoms with Crippen molar-refractivity contribution < 1.29 is 19.1 Å². The van der Waals surface area contributed by atoms with Gasteiger partial charge in [-0.1, -0.05) is 12.1 Å². The number of carbonyl (C=O) groups is 2. The summed E-state index contributed by atoms with van der Waals surface area (Å²) in [6, 6.07) is 4.77. The maximum atomic E-state index is 12.8. The van der Waals surface area contributed by atoms with E-state index in [0.29, 0.717) is 18.2 Å². The highest BCUT2D eigenvalue weighted by Gasteiger charge is 2.35. The molecule has 0 unspecified atom stereocenters. The van der Waals surface area contributed by atoms with E-state index in [1.807, 2.05) is 0 Å². The highest BCUT2D eigenvalue weighted by atomic mass is 32.2. The number of aliphatic carboxylic acids is 1. The molecule has 0 aromatic heterocycles. The van der Waals surface area contributed by atoms with Gasteiger partial charge in [0.15, 0.2) is 0 Å². The Bertz CT molecular complexity index is 509. The van der Waals surface area contributed by atoms with Crippen molar-refractivity contribution in [1.29, 1.82) is 0 Å². The Morgan fingerprint density at radius 3 is 2.70 bits per heavy atom. The lowest BCUT2D eigenvalue weighted by molar-refractivity contribution is -0.140. The Labute approximate surface area is 120 Å². The summed E-state index contributed by atoms with van der Waals surface area (Å²) in [4.78, 5) is 26.1. The molecule has 1 aromatic carbocycles. The molecular formula is C13H15FN2O3S. The number of urea groups is 1. The second-order valence-corrected chi connectivity index (χ2v) is 5.59. The van der Waals surface area contributed by atoms with Crippen molar-refractivity contribution in [2.45, 2.75) is 12.6 Å². The number of amides is 2. The van der Waals surface area contributed by atoms with Gasteiger partial charge in [0.05, 0.1) is 5.88 Å². The molecule has 1 fully saturated rings. The van der Waals surface area contributed by atoms with Gasteiger partial charge in [0.25, 0.3) is 0 Å². The third kappa shape index (κ3) is 3.22. The van der Waals surface area contributed by atoms with Gasteiger partial charge in [-0.25, -0.2) is 14.0 Å². The first-order chi connectivity index (χ1) is 9.49. The van der Waals surface area contributed by atoms with Gasteiger partial charge < -0.3 is 14.9 Å². The lowest BCUT2D eigenvalue weighted by atomic mass is 10.2. The summed E-state index contributed by atoms with van der Waals surface area (Å²) in [5, 5.41) is 9.07. The molecule has 1 aliphatic rings. The maximum Gasteiger partial charge on any atom is 0.327 e. The molecule has 7 heteroatoms. The number of thioether (sulfide) groups is 1. The Hall–Kier alpha value is -1.76. The van der Waals surface area contributed by atoms with Crippen LogP contribution in [0.4, 0.5) is 9.18 Å². The summed E-state index contributed by atoms with van der Waals surface area (Å²) in [7, 11) is 1.60. The van der Waals surface area contributed by atoms with Crippen molar-refractivity contribution >= 4 is 23.8 Å². The second kappa shape index (κ2) is 6.13. The van der Waals surface area contributed by atoms with Crippen molar-refractivity contribution in [2.75, 3.05) is 18.7 Å². The van der Waals surface area contributed by atoms with Gasteiger partial charge >= 0.3 is 12.0 Å². The van der Waals surface area contributed by atoms with E-state index in [9.17, 15) is 14.0 Å². The third-order valence-corrected chi connectivity index (χ3v) is 4.08. The molecule has 0 saturated carbocycles. The molecule has 2 rings (SSSR count). The largest absolute Gasteiger partial charge is 0.480 e. The van der Waals surface area contributed by atoms with Crippen LogP contribution in [-0.2, 0) is 11.3 Å². The zero-order valence-corrected chi connectivity index (χ0v) is 11.8. The lowest BCUT2D eigenvalue weighted by Gasteiger charge is -2.27. The van der Waals surface area contributed by atoms with E-state index in [-0.39, 0.29) is 11.8 Å². The van der Waals surface area contributed by atoms with Crippen molar-refractivity contribution in [3.8, 4) is 0 Å². The predicted molar refractivity (Wildman–Crippen MR) is 73.9 cm³/mol. The number of benzene rings is 1. The molecule has 2 amide bonds. The van der Waals surface area contributed by atoms with E-state index >= 15 is 0 Å². The average Bonchev–Trinajstić information content (AvgIpc) is 2.90. The Kier molecular flexibility index (Phi) is 4.49. The number of hydrogen-bond acceptors (Lipinski definition) is 3. The zero-order chi connectivity index (χ0) is 14.7. The van der Waals surface area contributed by atoms with Gasteiger partial charge in [-0.15, -0.1) is 11.8 Å². The normalized spacial score (nSPS) is 18.1. The minimum atomic E-state index is -0.987. The Balaban J connectivity index is 2.01. The van der Waals surface area contributed by atoms with E-state index in [1.165, 1.54) is 33.7 Å². The van der Waals surface area contributed by atoms with E-state index in [2.05, 4.69) is 0 Å². The third-order valence-electron chi connectivity index (χ3n) is 3.07. The number of hydrogen-bond donors (Lipinski definition) is 1. The SMILES string of the molecule is CN(Cc1ccc(F)cc1)C(=O)N1CSC[C@H]1C(=O)O. The van der Waals surface area contributed by atoms with E-state index < -0.39 is 12.0 Å². The van der Waals surface area contributed by atoms with Crippen LogP contribution in [0.5, 0.6) is 0 Å². The summed E-state index contributed by atoms with van der Waals surface area (Å²) in [5.74, 6) is -0.530. The number of nitrogens with zero attached hydrogens (tertiary/aromatic N) is 2. The van der Waals surface area contributed by atoms with Crippen LogP contribution in [0.15, 0.2) is 24.3 Å². The molecule has 1 atom stereocenters. The topological polar surface area (TPSA) is 60.9 Å². The summed E-state index contributed by atoms with van der Waals surface area (Å²) in [6.07, 6.45) is 0. The molecule has 1 aromatic rings. The summed E-state index contributed by atoms with van der Waals surface area (Å²) < 4.78 is 12.8. The van der Waals surface area contributed by atoms with Gasteiger partial charge in [0.1, 0.15) is 11.9 Å². The van der Waals surface area contributed by atoms with Gasteiger partial charge in [-0.3, -0.25) is 0 Å². The van der Waals surface area contributed by atoms with Crippen molar-refractivity contribution in [2.24, 2.45) is 0 Å². The van der Waals surface area contributed by atoms with Gasteiger partial charge in [-0.2, -0.15) is 0 Å². The van der Waals surface area contributed by atoms with Crippen LogP contribution in [0.1, 0.15) is 5.56 Å². The number of halogens is 1. The first-order valence-electron chi connectivity index (χ1n) is 6.06. The van der Waals surface area contributed by atoms with Crippen LogP contribution in [0.3, 0.4) is 0 Å². The summed E-state index contributed by atoms with van der Waals surface area (Å²) in [6.45, 7) is 0.312. The molecule has 0 spiro atoms. The molecule has 1 saturated heterocycles. The van der Waals surface area contributed by atoms with Gasteiger partial charge in [0, 0.05) is 19.3 Å². The molecular weight excluding hydrogens is 283 g/mol. The van der Waals surface area contributed by atoms with Crippen LogP contribution in [0, 0.1) is 5.82 Å². The second-order valence-electron chi connectivity index (χ2n) is 4.59. The number of carbonyl (C=O) groups excluding carboxylic acids is 1. The summed E-state index contributed by atoms with van der Waals surface area (Å²) in [5.41, 5.74) is 0.793. The number of carboxylic acid groups (broad SMARTS) is 1. The highest BCUT2D eigenvalue weighted by Crippen LogP contribution is 2.22. The lowest BCUT2D eigenvalue weighted by Crippen LogP contribution is -2.47. The van der Waals surface area contributed by atoms with E-state index in [0.717, 1.165) is 5.56 Å². The fourth-order valence-corrected chi connectivity index (χ4v) is 3.12. The molecule has 1 N–H and O–H groups in total. The molecule has 0 bridgehead atoms. The van der Waals surface area contributed by atoms with Crippen molar-refractivity contribution in [1.82, 2.24) is 9.80 Å². The fourth-order valence-electron chi connectivity index (χ4n) is 1.99. The first-order valence-corrected chi connectivity index (χ1v) is 7.21. The van der Waals surface area contributed by atoms with Gasteiger partial charge in [-0.05, 0) is 17.7 Å².